The summed E-state index contributed by atoms with van der Waals surface area (Å²) in [5, 5.41) is 0. The normalized spacial score (nSPS) is 13.8. The van der Waals surface area contributed by atoms with Crippen molar-refractivity contribution in [3.8, 4) is 0 Å². The molecule has 0 bridgehead atoms. The summed E-state index contributed by atoms with van der Waals surface area (Å²) in [5.74, 6) is 0.488. The summed E-state index contributed by atoms with van der Waals surface area (Å²) in [5.41, 5.74) is 9.67. The molecule has 68 valence electrons. The van der Waals surface area contributed by atoms with Crippen molar-refractivity contribution < 1.29 is 0 Å². The number of hydrogen-bond acceptors (Lipinski definition) is 1. The molecule has 0 spiro atoms. The first kappa shape index (κ1) is 9.33. The molecule has 0 aromatic carbocycles. The van der Waals surface area contributed by atoms with Crippen LogP contribution in [-0.4, -0.2) is 4.98 Å². The van der Waals surface area contributed by atoms with E-state index < -0.39 is 0 Å². The molecule has 0 aliphatic rings. The summed E-state index contributed by atoms with van der Waals surface area (Å²) in [7, 11) is 0. The van der Waals surface area contributed by atoms with Gasteiger partial charge in [0.15, 0.2) is 0 Å². The minimum Gasteiger partial charge on any atom is -0.361 e. The molecule has 2 heteroatoms. The van der Waals surface area contributed by atoms with Crippen LogP contribution in [-0.2, 0) is 0 Å². The van der Waals surface area contributed by atoms with Gasteiger partial charge in [0, 0.05) is 17.4 Å². The molecule has 3 N–H and O–H groups in total. The minimum atomic E-state index is 0.138. The van der Waals surface area contributed by atoms with Crippen LogP contribution in [0.15, 0.2) is 6.07 Å². The Balaban J connectivity index is 2.94. The number of nitrogens with one attached hydrogen (secondary N) is 1. The van der Waals surface area contributed by atoms with Gasteiger partial charge >= 0.3 is 0 Å². The van der Waals surface area contributed by atoms with E-state index in [2.05, 4.69) is 38.7 Å². The molecule has 2 nitrogen and oxygen atoms in total. The predicted octanol–water partition coefficient (Wildman–Crippen LogP) is 2.29. The van der Waals surface area contributed by atoms with Crippen LogP contribution < -0.4 is 5.73 Å². The molecule has 0 saturated heterocycles. The Bertz CT molecular complexity index is 261. The Morgan fingerprint density at radius 1 is 1.33 bits per heavy atom. The second-order valence-electron chi connectivity index (χ2n) is 3.82. The van der Waals surface area contributed by atoms with Crippen molar-refractivity contribution in [3.63, 3.8) is 0 Å². The van der Waals surface area contributed by atoms with Crippen molar-refractivity contribution in [1.82, 2.24) is 4.98 Å². The van der Waals surface area contributed by atoms with Crippen LogP contribution in [0.2, 0.25) is 0 Å². The highest BCUT2D eigenvalue weighted by molar-refractivity contribution is 5.26. The number of aryl methyl sites for hydroxylation is 2. The van der Waals surface area contributed by atoms with E-state index in [9.17, 15) is 0 Å². The average Bonchev–Trinajstić information content (AvgIpc) is 2.28. The van der Waals surface area contributed by atoms with Gasteiger partial charge in [-0.3, -0.25) is 0 Å². The highest BCUT2D eigenvalue weighted by Crippen LogP contribution is 2.21. The van der Waals surface area contributed by atoms with Crippen LogP contribution in [0.5, 0.6) is 0 Å². The average molecular weight is 166 g/mol. The maximum atomic E-state index is 6.02. The van der Waals surface area contributed by atoms with E-state index >= 15 is 0 Å². The third kappa shape index (κ3) is 1.69. The molecule has 0 amide bonds. The first-order valence-corrected chi connectivity index (χ1v) is 4.44. The highest BCUT2D eigenvalue weighted by atomic mass is 14.8. The quantitative estimate of drug-likeness (QED) is 0.695. The molecule has 1 rings (SSSR count). The SMILES string of the molecule is Cc1cc(C)c([C@H](N)C(C)C)[nH]1. The summed E-state index contributed by atoms with van der Waals surface area (Å²) in [4.78, 5) is 3.30. The smallest absolute Gasteiger partial charge is 0.0473 e. The number of H-pyrrole nitrogens is 1. The van der Waals surface area contributed by atoms with E-state index in [4.69, 9.17) is 5.73 Å². The monoisotopic (exact) mass is 166 g/mol. The van der Waals surface area contributed by atoms with Crippen molar-refractivity contribution in [2.24, 2.45) is 11.7 Å². The first-order valence-electron chi connectivity index (χ1n) is 4.44. The van der Waals surface area contributed by atoms with E-state index in [-0.39, 0.29) is 6.04 Å². The molecule has 1 atom stereocenters. The van der Waals surface area contributed by atoms with Gasteiger partial charge in [-0.2, -0.15) is 0 Å². The second kappa shape index (κ2) is 3.31. The zero-order chi connectivity index (χ0) is 9.30. The summed E-state index contributed by atoms with van der Waals surface area (Å²) in [6.07, 6.45) is 0. The van der Waals surface area contributed by atoms with E-state index in [1.807, 2.05) is 0 Å². The van der Waals surface area contributed by atoms with Crippen LogP contribution in [0.1, 0.15) is 36.8 Å². The summed E-state index contributed by atoms with van der Waals surface area (Å²) < 4.78 is 0. The van der Waals surface area contributed by atoms with E-state index in [1.54, 1.807) is 0 Å². The second-order valence-corrected chi connectivity index (χ2v) is 3.82. The van der Waals surface area contributed by atoms with Gasteiger partial charge in [0.05, 0.1) is 0 Å². The topological polar surface area (TPSA) is 41.8 Å². The Kier molecular flexibility index (Phi) is 2.58. The van der Waals surface area contributed by atoms with E-state index in [0.717, 1.165) is 0 Å². The third-order valence-corrected chi connectivity index (χ3v) is 2.24. The molecule has 1 aromatic heterocycles. The van der Waals surface area contributed by atoms with Gasteiger partial charge in [0.25, 0.3) is 0 Å². The summed E-state index contributed by atoms with van der Waals surface area (Å²) in [6.45, 7) is 8.44. The zero-order valence-electron chi connectivity index (χ0n) is 8.31. The van der Waals surface area contributed by atoms with Crippen molar-refractivity contribution >= 4 is 0 Å². The van der Waals surface area contributed by atoms with Gasteiger partial charge < -0.3 is 10.7 Å². The number of hydrogen-bond donors (Lipinski definition) is 2. The summed E-state index contributed by atoms with van der Waals surface area (Å²) in [6, 6.07) is 2.27. The molecule has 0 aliphatic carbocycles. The van der Waals surface area contributed by atoms with Gasteiger partial charge in [0.1, 0.15) is 0 Å². The standard InChI is InChI=1S/C10H18N2/c1-6(2)9(11)10-7(3)5-8(4)12-10/h5-6,9,12H,11H2,1-4H3/t9-/m1/s1. The molecule has 12 heavy (non-hydrogen) atoms. The molecule has 1 heterocycles. The lowest BCUT2D eigenvalue weighted by atomic mass is 10.00. The van der Waals surface area contributed by atoms with Crippen molar-refractivity contribution in [2.45, 2.75) is 33.7 Å². The molecule has 0 saturated carbocycles. The van der Waals surface area contributed by atoms with Crippen molar-refractivity contribution in [2.75, 3.05) is 0 Å². The number of nitrogens with two attached hydrogens (primary N) is 1. The molecule has 1 aromatic rings. The molecule has 0 radical (unpaired) electrons. The Labute approximate surface area is 74.2 Å². The van der Waals surface area contributed by atoms with E-state index in [0.29, 0.717) is 5.92 Å². The number of aromatic amines is 1. The highest BCUT2D eigenvalue weighted by Gasteiger charge is 2.14. The van der Waals surface area contributed by atoms with Crippen molar-refractivity contribution in [3.05, 3.63) is 23.0 Å². The maximum absolute atomic E-state index is 6.02. The van der Waals surface area contributed by atoms with Gasteiger partial charge in [-0.25, -0.2) is 0 Å². The van der Waals surface area contributed by atoms with Crippen LogP contribution in [0.4, 0.5) is 0 Å². The Hall–Kier alpha value is -0.760. The lowest BCUT2D eigenvalue weighted by Crippen LogP contribution is -2.17. The van der Waals surface area contributed by atoms with Gasteiger partial charge in [0.2, 0.25) is 0 Å². The van der Waals surface area contributed by atoms with Gasteiger partial charge in [-0.15, -0.1) is 0 Å². The van der Waals surface area contributed by atoms with Gasteiger partial charge in [-0.05, 0) is 31.4 Å². The maximum Gasteiger partial charge on any atom is 0.0473 e. The number of rotatable bonds is 2. The zero-order valence-corrected chi connectivity index (χ0v) is 8.31. The lowest BCUT2D eigenvalue weighted by molar-refractivity contribution is 0.502. The molecule has 0 fully saturated rings. The van der Waals surface area contributed by atoms with Gasteiger partial charge in [-0.1, -0.05) is 13.8 Å². The van der Waals surface area contributed by atoms with E-state index in [1.165, 1.54) is 17.0 Å². The molecular weight excluding hydrogens is 148 g/mol. The number of aromatic nitrogens is 1. The first-order chi connectivity index (χ1) is 5.52. The lowest BCUT2D eigenvalue weighted by Gasteiger charge is -2.15. The molecular formula is C10H18N2. The fourth-order valence-electron chi connectivity index (χ4n) is 1.43. The van der Waals surface area contributed by atoms with Crippen LogP contribution in [0.3, 0.4) is 0 Å². The molecule has 0 unspecified atom stereocenters. The fraction of sp³-hybridized carbons (Fsp3) is 0.600. The van der Waals surface area contributed by atoms with Crippen LogP contribution >= 0.6 is 0 Å². The Morgan fingerprint density at radius 3 is 2.25 bits per heavy atom. The van der Waals surface area contributed by atoms with Crippen LogP contribution in [0, 0.1) is 19.8 Å². The van der Waals surface area contributed by atoms with Crippen LogP contribution in [0.25, 0.3) is 0 Å². The molecule has 0 aliphatic heterocycles. The minimum absolute atomic E-state index is 0.138. The van der Waals surface area contributed by atoms with Crippen molar-refractivity contribution in [1.29, 1.82) is 0 Å². The third-order valence-electron chi connectivity index (χ3n) is 2.24. The summed E-state index contributed by atoms with van der Waals surface area (Å²) >= 11 is 0. The fourth-order valence-corrected chi connectivity index (χ4v) is 1.43. The predicted molar refractivity (Wildman–Crippen MR) is 52.0 cm³/mol. The largest absolute Gasteiger partial charge is 0.361 e. The Morgan fingerprint density at radius 2 is 1.92 bits per heavy atom.